The maximum Gasteiger partial charge on any atom is 0.230 e. The number of nitrogens with zero attached hydrogens (tertiary/aromatic N) is 1. The Hall–Kier alpha value is -3.02. The quantitative estimate of drug-likeness (QED) is 0.349. The van der Waals surface area contributed by atoms with Crippen LogP contribution in [0.15, 0.2) is 55.0 Å². The first-order chi connectivity index (χ1) is 13.1. The Kier molecular flexibility index (Phi) is 3.60. The summed E-state index contributed by atoms with van der Waals surface area (Å²) in [5.41, 5.74) is 3.65. The van der Waals surface area contributed by atoms with Crippen LogP contribution in [0.1, 0.15) is 16.2 Å². The molecule has 5 aromatic rings. The lowest BCUT2D eigenvalue weighted by molar-refractivity contribution is 0.103. The summed E-state index contributed by atoms with van der Waals surface area (Å²) in [6.45, 7) is 0. The molecule has 0 spiro atoms. The minimum atomic E-state index is -0.201. The number of aromatic nitrogens is 4. The van der Waals surface area contributed by atoms with E-state index in [0.717, 1.165) is 27.4 Å². The number of H-pyrrole nitrogens is 3. The van der Waals surface area contributed by atoms with Gasteiger partial charge < -0.3 is 15.0 Å². The van der Waals surface area contributed by atoms with Gasteiger partial charge in [0.15, 0.2) is 5.82 Å². The number of rotatable bonds is 3. The van der Waals surface area contributed by atoms with Gasteiger partial charge in [0.05, 0.1) is 32.3 Å². The van der Waals surface area contributed by atoms with Gasteiger partial charge in [-0.15, -0.1) is 0 Å². The van der Waals surface area contributed by atoms with Crippen LogP contribution >= 0.6 is 23.2 Å². The number of imidazole rings is 1. The largest absolute Gasteiger partial charge is 0.359 e. The summed E-state index contributed by atoms with van der Waals surface area (Å²) in [5.74, 6) is 0.0647. The molecule has 132 valence electrons. The number of halogens is 2. The van der Waals surface area contributed by atoms with Gasteiger partial charge in [0.1, 0.15) is 0 Å². The molecule has 7 heteroatoms. The monoisotopic (exact) mass is 394 g/mol. The highest BCUT2D eigenvalue weighted by Crippen LogP contribution is 2.32. The second kappa shape index (κ2) is 6.01. The maximum absolute atomic E-state index is 12.9. The van der Waals surface area contributed by atoms with Crippen molar-refractivity contribution in [3.05, 3.63) is 76.4 Å². The molecule has 3 aromatic heterocycles. The molecule has 5 nitrogen and oxygen atoms in total. The second-order valence-electron chi connectivity index (χ2n) is 6.19. The van der Waals surface area contributed by atoms with Crippen molar-refractivity contribution in [2.24, 2.45) is 0 Å². The predicted octanol–water partition coefficient (Wildman–Crippen LogP) is 5.58. The normalized spacial score (nSPS) is 11.5. The molecule has 27 heavy (non-hydrogen) atoms. The Morgan fingerprint density at radius 1 is 0.815 bits per heavy atom. The Morgan fingerprint density at radius 2 is 1.48 bits per heavy atom. The fourth-order valence-electron chi connectivity index (χ4n) is 3.34. The van der Waals surface area contributed by atoms with E-state index in [2.05, 4.69) is 19.9 Å². The SMILES string of the molecule is O=C(c1nc(-c2c[nH]c3c(Cl)cccc23)c[nH]1)c1c[nH]c2c(Cl)cccc12. The maximum atomic E-state index is 12.9. The van der Waals surface area contributed by atoms with E-state index in [1.807, 2.05) is 36.5 Å². The number of aromatic amines is 3. The lowest BCUT2D eigenvalue weighted by Gasteiger charge is -1.97. The van der Waals surface area contributed by atoms with Gasteiger partial charge >= 0.3 is 0 Å². The number of carbonyl (C=O) groups is 1. The number of carbonyl (C=O) groups excluding carboxylic acids is 1. The smallest absolute Gasteiger partial charge is 0.230 e. The molecule has 3 heterocycles. The first-order valence-electron chi connectivity index (χ1n) is 8.25. The van der Waals surface area contributed by atoms with E-state index in [9.17, 15) is 4.79 Å². The zero-order valence-electron chi connectivity index (χ0n) is 13.8. The van der Waals surface area contributed by atoms with Gasteiger partial charge in [0.2, 0.25) is 5.78 Å². The minimum Gasteiger partial charge on any atom is -0.359 e. The van der Waals surface area contributed by atoms with Crippen LogP contribution in [0.5, 0.6) is 0 Å². The van der Waals surface area contributed by atoms with Gasteiger partial charge in [-0.2, -0.15) is 0 Å². The zero-order valence-corrected chi connectivity index (χ0v) is 15.3. The highest BCUT2D eigenvalue weighted by molar-refractivity contribution is 6.36. The first-order valence-corrected chi connectivity index (χ1v) is 9.01. The van der Waals surface area contributed by atoms with Crippen molar-refractivity contribution in [1.82, 2.24) is 19.9 Å². The molecule has 0 amide bonds. The highest BCUT2D eigenvalue weighted by Gasteiger charge is 2.19. The van der Waals surface area contributed by atoms with Crippen LogP contribution in [-0.2, 0) is 0 Å². The van der Waals surface area contributed by atoms with Gasteiger partial charge in [-0.25, -0.2) is 4.98 Å². The molecular formula is C20H12Cl2N4O. The van der Waals surface area contributed by atoms with Crippen molar-refractivity contribution in [1.29, 1.82) is 0 Å². The zero-order chi connectivity index (χ0) is 18.5. The molecule has 0 radical (unpaired) electrons. The lowest BCUT2D eigenvalue weighted by atomic mass is 10.1. The van der Waals surface area contributed by atoms with Gasteiger partial charge in [0.25, 0.3) is 0 Å². The molecule has 0 bridgehead atoms. The van der Waals surface area contributed by atoms with Crippen molar-refractivity contribution >= 4 is 50.8 Å². The number of fused-ring (bicyclic) bond motifs is 2. The van der Waals surface area contributed by atoms with Crippen LogP contribution in [0, 0.1) is 0 Å². The second-order valence-corrected chi connectivity index (χ2v) is 7.01. The Balaban J connectivity index is 1.57. The van der Waals surface area contributed by atoms with E-state index in [0.29, 0.717) is 21.3 Å². The molecule has 0 saturated heterocycles. The topological polar surface area (TPSA) is 77.3 Å². The van der Waals surface area contributed by atoms with E-state index in [1.165, 1.54) is 0 Å². The van der Waals surface area contributed by atoms with Crippen molar-refractivity contribution in [2.45, 2.75) is 0 Å². The summed E-state index contributed by atoms with van der Waals surface area (Å²) < 4.78 is 0. The highest BCUT2D eigenvalue weighted by atomic mass is 35.5. The Labute approximate surface area is 163 Å². The molecule has 0 aliphatic carbocycles. The third-order valence-corrected chi connectivity index (χ3v) is 5.27. The summed E-state index contributed by atoms with van der Waals surface area (Å²) in [6.07, 6.45) is 5.22. The number of benzene rings is 2. The number of hydrogen-bond donors (Lipinski definition) is 3. The van der Waals surface area contributed by atoms with Crippen LogP contribution in [0.4, 0.5) is 0 Å². The number of ketones is 1. The molecule has 3 N–H and O–H groups in total. The van der Waals surface area contributed by atoms with E-state index in [4.69, 9.17) is 23.2 Å². The van der Waals surface area contributed by atoms with E-state index in [1.54, 1.807) is 18.5 Å². The van der Waals surface area contributed by atoms with Crippen molar-refractivity contribution in [3.8, 4) is 11.3 Å². The Morgan fingerprint density at radius 3 is 2.26 bits per heavy atom. The third-order valence-electron chi connectivity index (χ3n) is 4.64. The van der Waals surface area contributed by atoms with Gasteiger partial charge in [-0.3, -0.25) is 4.79 Å². The molecular weight excluding hydrogens is 383 g/mol. The van der Waals surface area contributed by atoms with Gasteiger partial charge in [-0.1, -0.05) is 47.5 Å². The van der Waals surface area contributed by atoms with Crippen LogP contribution in [0.25, 0.3) is 33.1 Å². The van der Waals surface area contributed by atoms with Crippen LogP contribution in [0.2, 0.25) is 10.0 Å². The fraction of sp³-hybridized carbons (Fsp3) is 0. The first kappa shape index (κ1) is 16.2. The molecule has 0 aliphatic heterocycles. The Bertz CT molecular complexity index is 1330. The number of nitrogens with one attached hydrogen (secondary N) is 3. The molecule has 0 fully saturated rings. The van der Waals surface area contributed by atoms with Crippen LogP contribution in [0.3, 0.4) is 0 Å². The predicted molar refractivity (Wildman–Crippen MR) is 108 cm³/mol. The van der Waals surface area contributed by atoms with Crippen LogP contribution < -0.4 is 0 Å². The van der Waals surface area contributed by atoms with E-state index in [-0.39, 0.29) is 11.6 Å². The van der Waals surface area contributed by atoms with Gasteiger partial charge in [-0.05, 0) is 12.1 Å². The van der Waals surface area contributed by atoms with Crippen LogP contribution in [-0.4, -0.2) is 25.7 Å². The molecule has 2 aromatic carbocycles. The summed E-state index contributed by atoms with van der Waals surface area (Å²) >= 11 is 12.4. The molecule has 5 rings (SSSR count). The van der Waals surface area contributed by atoms with E-state index >= 15 is 0 Å². The summed E-state index contributed by atoms with van der Waals surface area (Å²) in [4.78, 5) is 26.7. The molecule has 0 unspecified atom stereocenters. The van der Waals surface area contributed by atoms with Gasteiger partial charge in [0, 0.05) is 34.9 Å². The summed E-state index contributed by atoms with van der Waals surface area (Å²) in [5, 5.41) is 2.93. The molecule has 0 aliphatic rings. The lowest BCUT2D eigenvalue weighted by Crippen LogP contribution is -2.02. The average Bonchev–Trinajstić information content (AvgIpc) is 3.39. The van der Waals surface area contributed by atoms with Crippen molar-refractivity contribution < 1.29 is 4.79 Å². The number of para-hydroxylation sites is 2. The average molecular weight is 395 g/mol. The third kappa shape index (κ3) is 2.47. The van der Waals surface area contributed by atoms with Crippen molar-refractivity contribution in [2.75, 3.05) is 0 Å². The molecule has 0 saturated carbocycles. The number of hydrogen-bond acceptors (Lipinski definition) is 2. The summed E-state index contributed by atoms with van der Waals surface area (Å²) in [6, 6.07) is 11.1. The standard InChI is InChI=1S/C20H12Cl2N4O/c21-14-5-1-3-10-12(7-23-17(10)14)16-9-25-20(26-16)19(27)13-8-24-18-11(13)4-2-6-15(18)22/h1-9,23-24H,(H,25,26). The minimum absolute atomic E-state index is 0.201. The summed E-state index contributed by atoms with van der Waals surface area (Å²) in [7, 11) is 0. The van der Waals surface area contributed by atoms with Crippen molar-refractivity contribution in [3.63, 3.8) is 0 Å². The molecule has 0 atom stereocenters. The van der Waals surface area contributed by atoms with E-state index < -0.39 is 0 Å². The fourth-order valence-corrected chi connectivity index (χ4v) is 3.80.